The Labute approximate surface area is 104 Å². The van der Waals surface area contributed by atoms with E-state index in [0.717, 1.165) is 38.0 Å². The van der Waals surface area contributed by atoms with Crippen LogP contribution in [-0.2, 0) is 4.79 Å². The minimum atomic E-state index is -0.681. The summed E-state index contributed by atoms with van der Waals surface area (Å²) >= 11 is 0. The van der Waals surface area contributed by atoms with E-state index >= 15 is 0 Å². The van der Waals surface area contributed by atoms with Gasteiger partial charge in [-0.2, -0.15) is 5.26 Å². The molecule has 0 heterocycles. The lowest BCUT2D eigenvalue weighted by molar-refractivity contribution is -0.132. The van der Waals surface area contributed by atoms with Crippen LogP contribution in [0, 0.1) is 22.7 Å². The Bertz CT molecular complexity index is 328. The van der Waals surface area contributed by atoms with Gasteiger partial charge in [0, 0.05) is 6.04 Å². The van der Waals surface area contributed by atoms with Crippen LogP contribution in [0.4, 0.5) is 0 Å². The summed E-state index contributed by atoms with van der Waals surface area (Å²) in [4.78, 5) is 12.1. The van der Waals surface area contributed by atoms with Gasteiger partial charge in [-0.15, -0.1) is 0 Å². The van der Waals surface area contributed by atoms with Crippen LogP contribution in [0.25, 0.3) is 0 Å². The largest absolute Gasteiger partial charge is 0.352 e. The molecule has 1 amide bonds. The molecule has 2 rings (SSSR count). The van der Waals surface area contributed by atoms with E-state index in [1.54, 1.807) is 0 Å². The molecule has 0 spiro atoms. The summed E-state index contributed by atoms with van der Waals surface area (Å²) in [5.74, 6) is 0.751. The second kappa shape index (κ2) is 5.08. The fourth-order valence-electron chi connectivity index (χ4n) is 3.04. The molecule has 0 saturated heterocycles. The smallest absolute Gasteiger partial charge is 0.240 e. The number of nitrogens with one attached hydrogen (secondary N) is 1. The van der Waals surface area contributed by atoms with Gasteiger partial charge in [0.15, 0.2) is 0 Å². The van der Waals surface area contributed by atoms with Gasteiger partial charge in [-0.05, 0) is 38.0 Å². The highest BCUT2D eigenvalue weighted by molar-refractivity contribution is 5.86. The van der Waals surface area contributed by atoms with Gasteiger partial charge < -0.3 is 5.32 Å². The van der Waals surface area contributed by atoms with Crippen molar-refractivity contribution in [3.8, 4) is 6.07 Å². The van der Waals surface area contributed by atoms with Crippen molar-refractivity contribution in [2.24, 2.45) is 11.3 Å². The highest BCUT2D eigenvalue weighted by atomic mass is 16.2. The van der Waals surface area contributed by atoms with E-state index in [1.165, 1.54) is 19.3 Å². The molecule has 2 unspecified atom stereocenters. The van der Waals surface area contributed by atoms with Crippen molar-refractivity contribution in [3.05, 3.63) is 0 Å². The van der Waals surface area contributed by atoms with Crippen LogP contribution < -0.4 is 5.32 Å². The van der Waals surface area contributed by atoms with Crippen LogP contribution in [0.2, 0.25) is 0 Å². The number of rotatable bonds is 3. The topological polar surface area (TPSA) is 52.9 Å². The molecule has 2 atom stereocenters. The van der Waals surface area contributed by atoms with E-state index < -0.39 is 5.41 Å². The predicted octanol–water partition coefficient (Wildman–Crippen LogP) is 2.77. The minimum absolute atomic E-state index is 0.00648. The molecule has 0 bridgehead atoms. The van der Waals surface area contributed by atoms with E-state index in [1.807, 2.05) is 0 Å². The Kier molecular flexibility index (Phi) is 3.71. The quantitative estimate of drug-likeness (QED) is 0.816. The Morgan fingerprint density at radius 2 is 2.18 bits per heavy atom. The zero-order chi connectivity index (χ0) is 12.3. The molecule has 17 heavy (non-hydrogen) atoms. The Morgan fingerprint density at radius 1 is 1.41 bits per heavy atom. The van der Waals surface area contributed by atoms with Crippen molar-refractivity contribution in [2.45, 2.75) is 64.3 Å². The van der Waals surface area contributed by atoms with E-state index in [9.17, 15) is 4.79 Å². The molecule has 2 fully saturated rings. The highest BCUT2D eigenvalue weighted by Gasteiger charge is 2.45. The fraction of sp³-hybridized carbons (Fsp3) is 0.857. The molecule has 0 aromatic rings. The summed E-state index contributed by atoms with van der Waals surface area (Å²) in [5.41, 5.74) is -0.681. The first-order valence-electron chi connectivity index (χ1n) is 6.92. The second-order valence-corrected chi connectivity index (χ2v) is 5.66. The van der Waals surface area contributed by atoms with Gasteiger partial charge in [-0.1, -0.05) is 26.2 Å². The molecule has 2 saturated carbocycles. The predicted molar refractivity (Wildman–Crippen MR) is 66.1 cm³/mol. The molecule has 0 aromatic carbocycles. The van der Waals surface area contributed by atoms with E-state index in [2.05, 4.69) is 18.3 Å². The van der Waals surface area contributed by atoms with Gasteiger partial charge in [0.2, 0.25) is 5.91 Å². The molecule has 0 aromatic heterocycles. The molecule has 2 aliphatic carbocycles. The van der Waals surface area contributed by atoms with Crippen LogP contribution in [-0.4, -0.2) is 11.9 Å². The lowest BCUT2D eigenvalue weighted by atomic mass is 9.69. The van der Waals surface area contributed by atoms with Gasteiger partial charge in [0.05, 0.1) is 6.07 Å². The number of hydrogen-bond donors (Lipinski definition) is 1. The molecular weight excluding hydrogens is 212 g/mol. The van der Waals surface area contributed by atoms with Crippen molar-refractivity contribution in [1.29, 1.82) is 5.26 Å². The zero-order valence-corrected chi connectivity index (χ0v) is 10.7. The third-order valence-corrected chi connectivity index (χ3v) is 4.55. The standard InChI is InChI=1S/C14H22N2O/c1-2-11-5-3-6-12(9-11)16-13(17)14(10-15)7-4-8-14/h11-12H,2-9H2,1H3,(H,16,17). The molecule has 0 radical (unpaired) electrons. The number of amides is 1. The van der Waals surface area contributed by atoms with E-state index in [0.29, 0.717) is 6.04 Å². The summed E-state index contributed by atoms with van der Waals surface area (Å²) in [5, 5.41) is 12.2. The first kappa shape index (κ1) is 12.4. The molecule has 94 valence electrons. The average molecular weight is 234 g/mol. The van der Waals surface area contributed by atoms with Gasteiger partial charge in [-0.25, -0.2) is 0 Å². The van der Waals surface area contributed by atoms with E-state index in [-0.39, 0.29) is 5.91 Å². The Morgan fingerprint density at radius 3 is 2.71 bits per heavy atom. The maximum absolute atomic E-state index is 12.1. The normalized spacial score (nSPS) is 31.1. The van der Waals surface area contributed by atoms with Crippen molar-refractivity contribution < 1.29 is 4.79 Å². The van der Waals surface area contributed by atoms with Crippen LogP contribution in [0.5, 0.6) is 0 Å². The maximum atomic E-state index is 12.1. The summed E-state index contributed by atoms with van der Waals surface area (Å²) in [6, 6.07) is 2.53. The fourth-order valence-corrected chi connectivity index (χ4v) is 3.04. The second-order valence-electron chi connectivity index (χ2n) is 5.66. The minimum Gasteiger partial charge on any atom is -0.352 e. The molecular formula is C14H22N2O. The van der Waals surface area contributed by atoms with Crippen LogP contribution in [0.3, 0.4) is 0 Å². The van der Waals surface area contributed by atoms with Gasteiger partial charge >= 0.3 is 0 Å². The van der Waals surface area contributed by atoms with Crippen molar-refractivity contribution >= 4 is 5.91 Å². The lowest BCUT2D eigenvalue weighted by Crippen LogP contribution is -2.49. The summed E-state index contributed by atoms with van der Waals surface area (Å²) in [6.07, 6.45) is 8.42. The third kappa shape index (κ3) is 2.46. The van der Waals surface area contributed by atoms with Gasteiger partial charge in [0.25, 0.3) is 0 Å². The number of carbonyl (C=O) groups is 1. The highest BCUT2D eigenvalue weighted by Crippen LogP contribution is 2.40. The number of hydrogen-bond acceptors (Lipinski definition) is 2. The Hall–Kier alpha value is -1.04. The van der Waals surface area contributed by atoms with Crippen LogP contribution in [0.15, 0.2) is 0 Å². The van der Waals surface area contributed by atoms with Crippen molar-refractivity contribution in [3.63, 3.8) is 0 Å². The van der Waals surface area contributed by atoms with Crippen molar-refractivity contribution in [1.82, 2.24) is 5.32 Å². The number of carbonyl (C=O) groups excluding carboxylic acids is 1. The average Bonchev–Trinajstić information content (AvgIpc) is 2.28. The summed E-state index contributed by atoms with van der Waals surface area (Å²) < 4.78 is 0. The molecule has 3 nitrogen and oxygen atoms in total. The number of nitriles is 1. The van der Waals surface area contributed by atoms with Gasteiger partial charge in [0.1, 0.15) is 5.41 Å². The van der Waals surface area contributed by atoms with Crippen LogP contribution >= 0.6 is 0 Å². The molecule has 3 heteroatoms. The summed E-state index contributed by atoms with van der Waals surface area (Å²) in [7, 11) is 0. The monoisotopic (exact) mass is 234 g/mol. The van der Waals surface area contributed by atoms with E-state index in [4.69, 9.17) is 5.26 Å². The zero-order valence-electron chi connectivity index (χ0n) is 10.7. The summed E-state index contributed by atoms with van der Waals surface area (Å²) in [6.45, 7) is 2.22. The first-order valence-corrected chi connectivity index (χ1v) is 6.92. The third-order valence-electron chi connectivity index (χ3n) is 4.55. The first-order chi connectivity index (χ1) is 8.20. The van der Waals surface area contributed by atoms with Crippen molar-refractivity contribution in [2.75, 3.05) is 0 Å². The van der Waals surface area contributed by atoms with Gasteiger partial charge in [-0.3, -0.25) is 4.79 Å². The molecule has 0 aliphatic heterocycles. The SMILES string of the molecule is CCC1CCCC(NC(=O)C2(C#N)CCC2)C1. The lowest BCUT2D eigenvalue weighted by Gasteiger charge is -2.36. The molecule has 1 N–H and O–H groups in total. The molecule has 2 aliphatic rings. The maximum Gasteiger partial charge on any atom is 0.240 e. The Balaban J connectivity index is 1.88. The number of nitrogens with zero attached hydrogens (tertiary/aromatic N) is 1. The van der Waals surface area contributed by atoms with Crippen LogP contribution in [0.1, 0.15) is 58.3 Å².